The molecule has 0 spiro atoms. The first-order chi connectivity index (χ1) is 13.8. The number of nitrogens with one attached hydrogen (secondary N) is 2. The Morgan fingerprint density at radius 3 is 2.71 bits per heavy atom. The van der Waals surface area contributed by atoms with Gasteiger partial charge in [-0.05, 0) is 29.8 Å². The predicted molar refractivity (Wildman–Crippen MR) is 107 cm³/mol. The summed E-state index contributed by atoms with van der Waals surface area (Å²) in [6.45, 7) is 0. The number of hydrogen-bond acceptors (Lipinski definition) is 4. The Kier molecular flexibility index (Phi) is 4.06. The van der Waals surface area contributed by atoms with Crippen molar-refractivity contribution in [3.8, 4) is 23.0 Å². The van der Waals surface area contributed by atoms with Crippen molar-refractivity contribution in [2.45, 2.75) is 6.42 Å². The lowest BCUT2D eigenvalue weighted by molar-refractivity contribution is 0.465. The van der Waals surface area contributed by atoms with Crippen molar-refractivity contribution in [3.05, 3.63) is 90.4 Å². The average Bonchev–Trinajstić information content (AvgIpc) is 3.38. The van der Waals surface area contributed by atoms with E-state index in [0.29, 0.717) is 23.9 Å². The largest absolute Gasteiger partial charge is 0.439 e. The second-order valence-corrected chi connectivity index (χ2v) is 6.46. The molecule has 136 valence electrons. The summed E-state index contributed by atoms with van der Waals surface area (Å²) in [5.41, 5.74) is 3.92. The van der Waals surface area contributed by atoms with Crippen LogP contribution in [0.3, 0.4) is 0 Å². The third kappa shape index (κ3) is 3.35. The summed E-state index contributed by atoms with van der Waals surface area (Å²) in [6.07, 6.45) is 2.57. The van der Waals surface area contributed by atoms with E-state index < -0.39 is 0 Å². The second kappa shape index (κ2) is 7.00. The van der Waals surface area contributed by atoms with Gasteiger partial charge in [0, 0.05) is 24.2 Å². The van der Waals surface area contributed by atoms with E-state index in [1.54, 1.807) is 0 Å². The van der Waals surface area contributed by atoms with E-state index in [1.807, 2.05) is 66.9 Å². The van der Waals surface area contributed by atoms with Crippen molar-refractivity contribution >= 4 is 11.0 Å². The Morgan fingerprint density at radius 1 is 0.857 bits per heavy atom. The van der Waals surface area contributed by atoms with Crippen LogP contribution in [-0.4, -0.2) is 25.1 Å². The van der Waals surface area contributed by atoms with Crippen LogP contribution in [-0.2, 0) is 6.42 Å². The highest BCUT2D eigenvalue weighted by molar-refractivity contribution is 5.75. The Bertz CT molecular complexity index is 1230. The van der Waals surface area contributed by atoms with Gasteiger partial charge in [-0.15, -0.1) is 0 Å². The minimum Gasteiger partial charge on any atom is -0.439 e. The number of rotatable bonds is 5. The molecule has 0 amide bonds. The Hall–Kier alpha value is -3.93. The molecule has 0 aliphatic rings. The molecule has 0 bridgehead atoms. The fourth-order valence-corrected chi connectivity index (χ4v) is 3.08. The van der Waals surface area contributed by atoms with Crippen LogP contribution in [0.25, 0.3) is 22.4 Å². The molecule has 3 aromatic heterocycles. The van der Waals surface area contributed by atoms with Crippen LogP contribution in [0.4, 0.5) is 0 Å². The van der Waals surface area contributed by atoms with E-state index in [4.69, 9.17) is 4.74 Å². The summed E-state index contributed by atoms with van der Waals surface area (Å²) in [5.74, 6) is 2.70. The lowest BCUT2D eigenvalue weighted by Crippen LogP contribution is -1.90. The minimum atomic E-state index is 0.545. The molecule has 0 saturated heterocycles. The molecule has 3 heterocycles. The Balaban J connectivity index is 1.36. The van der Waals surface area contributed by atoms with E-state index in [1.165, 1.54) is 5.56 Å². The Morgan fingerprint density at radius 2 is 1.79 bits per heavy atom. The summed E-state index contributed by atoms with van der Waals surface area (Å²) in [7, 11) is 0. The maximum absolute atomic E-state index is 5.93. The van der Waals surface area contributed by atoms with E-state index in [0.717, 1.165) is 22.4 Å². The third-order valence-corrected chi connectivity index (χ3v) is 4.44. The second-order valence-electron chi connectivity index (χ2n) is 6.46. The van der Waals surface area contributed by atoms with Gasteiger partial charge in [0.1, 0.15) is 11.6 Å². The zero-order chi connectivity index (χ0) is 18.8. The lowest BCUT2D eigenvalue weighted by atomic mass is 10.1. The minimum absolute atomic E-state index is 0.545. The standard InChI is InChI=1S/C22H17N5O/c1-2-5-15(6-3-1)13-20-25-22(27-26-20)16-7-4-8-17(14-16)28-21-10-9-18-19(24-21)11-12-23-18/h1-12,14,23H,13H2,(H,25,26,27). The predicted octanol–water partition coefficient (Wildman–Crippen LogP) is 4.73. The topological polar surface area (TPSA) is 79.5 Å². The van der Waals surface area contributed by atoms with Gasteiger partial charge < -0.3 is 9.72 Å². The first kappa shape index (κ1) is 16.3. The molecule has 2 N–H and O–H groups in total. The zero-order valence-electron chi connectivity index (χ0n) is 15.0. The van der Waals surface area contributed by atoms with Gasteiger partial charge in [-0.25, -0.2) is 9.97 Å². The average molecular weight is 367 g/mol. The van der Waals surface area contributed by atoms with Gasteiger partial charge in [0.25, 0.3) is 0 Å². The molecule has 5 aromatic rings. The molecule has 2 aromatic carbocycles. The van der Waals surface area contributed by atoms with Crippen LogP contribution in [0, 0.1) is 0 Å². The number of nitrogens with zero attached hydrogens (tertiary/aromatic N) is 3. The summed E-state index contributed by atoms with van der Waals surface area (Å²) < 4.78 is 5.93. The third-order valence-electron chi connectivity index (χ3n) is 4.44. The van der Waals surface area contributed by atoms with E-state index in [2.05, 4.69) is 37.3 Å². The number of fused-ring (bicyclic) bond motifs is 1. The van der Waals surface area contributed by atoms with Gasteiger partial charge >= 0.3 is 0 Å². The molecular formula is C22H17N5O. The van der Waals surface area contributed by atoms with Gasteiger partial charge in [0.2, 0.25) is 5.88 Å². The maximum Gasteiger partial charge on any atom is 0.219 e. The normalized spacial score (nSPS) is 11.0. The van der Waals surface area contributed by atoms with Gasteiger partial charge in [-0.2, -0.15) is 5.10 Å². The van der Waals surface area contributed by atoms with E-state index in [-0.39, 0.29) is 0 Å². The number of aromatic nitrogens is 5. The number of benzene rings is 2. The highest BCUT2D eigenvalue weighted by Gasteiger charge is 2.09. The molecule has 5 rings (SSSR count). The molecule has 0 aliphatic heterocycles. The molecule has 6 nitrogen and oxygen atoms in total. The number of H-pyrrole nitrogens is 2. The van der Waals surface area contributed by atoms with Crippen LogP contribution in [0.15, 0.2) is 79.0 Å². The maximum atomic E-state index is 5.93. The van der Waals surface area contributed by atoms with Crippen LogP contribution in [0.5, 0.6) is 11.6 Å². The Labute approximate surface area is 161 Å². The molecule has 0 radical (unpaired) electrons. The molecule has 0 saturated carbocycles. The molecule has 0 fully saturated rings. The quantitative estimate of drug-likeness (QED) is 0.471. The molecule has 6 heteroatoms. The number of pyridine rings is 1. The number of hydrogen-bond donors (Lipinski definition) is 2. The van der Waals surface area contributed by atoms with Gasteiger partial charge in [-0.1, -0.05) is 42.5 Å². The van der Waals surface area contributed by atoms with E-state index in [9.17, 15) is 0 Å². The van der Waals surface area contributed by atoms with Crippen molar-refractivity contribution in [2.24, 2.45) is 0 Å². The van der Waals surface area contributed by atoms with Crippen molar-refractivity contribution in [2.75, 3.05) is 0 Å². The van der Waals surface area contributed by atoms with Crippen LogP contribution >= 0.6 is 0 Å². The fraction of sp³-hybridized carbons (Fsp3) is 0.0455. The number of ether oxygens (including phenoxy) is 1. The van der Waals surface area contributed by atoms with Gasteiger partial charge in [0.05, 0.1) is 11.0 Å². The van der Waals surface area contributed by atoms with Gasteiger partial charge in [-0.3, -0.25) is 5.10 Å². The molecule has 0 atom stereocenters. The van der Waals surface area contributed by atoms with Crippen molar-refractivity contribution in [3.63, 3.8) is 0 Å². The van der Waals surface area contributed by atoms with E-state index >= 15 is 0 Å². The summed E-state index contributed by atoms with van der Waals surface area (Å²) >= 11 is 0. The van der Waals surface area contributed by atoms with Gasteiger partial charge in [0.15, 0.2) is 5.82 Å². The molecule has 0 aliphatic carbocycles. The van der Waals surface area contributed by atoms with Crippen LogP contribution in [0.2, 0.25) is 0 Å². The monoisotopic (exact) mass is 367 g/mol. The highest BCUT2D eigenvalue weighted by atomic mass is 16.5. The van der Waals surface area contributed by atoms with Crippen molar-refractivity contribution in [1.82, 2.24) is 25.1 Å². The van der Waals surface area contributed by atoms with Crippen molar-refractivity contribution in [1.29, 1.82) is 0 Å². The van der Waals surface area contributed by atoms with Crippen LogP contribution in [0.1, 0.15) is 11.4 Å². The molecule has 0 unspecified atom stereocenters. The van der Waals surface area contributed by atoms with Crippen molar-refractivity contribution < 1.29 is 4.74 Å². The molecular weight excluding hydrogens is 350 g/mol. The zero-order valence-corrected chi connectivity index (χ0v) is 15.0. The highest BCUT2D eigenvalue weighted by Crippen LogP contribution is 2.26. The molecule has 28 heavy (non-hydrogen) atoms. The first-order valence-electron chi connectivity index (χ1n) is 9.01. The van der Waals surface area contributed by atoms with Crippen LogP contribution < -0.4 is 4.74 Å². The SMILES string of the molecule is c1ccc(Cc2nc(-c3cccc(Oc4ccc5[nH]ccc5n4)c3)n[nH]2)cc1. The lowest BCUT2D eigenvalue weighted by Gasteiger charge is -2.05. The first-order valence-corrected chi connectivity index (χ1v) is 9.01. The number of aromatic amines is 2. The fourth-order valence-electron chi connectivity index (χ4n) is 3.08. The summed E-state index contributed by atoms with van der Waals surface area (Å²) in [4.78, 5) is 12.2. The summed E-state index contributed by atoms with van der Waals surface area (Å²) in [5, 5.41) is 7.37. The summed E-state index contributed by atoms with van der Waals surface area (Å²) in [6, 6.07) is 23.6. The smallest absolute Gasteiger partial charge is 0.219 e.